The van der Waals surface area contributed by atoms with Crippen molar-refractivity contribution in [2.24, 2.45) is 0 Å². The number of benzene rings is 2. The topological polar surface area (TPSA) is 38.3 Å². The van der Waals surface area contributed by atoms with Crippen LogP contribution in [-0.4, -0.2) is 12.5 Å². The van der Waals surface area contributed by atoms with E-state index in [1.165, 1.54) is 12.1 Å². The van der Waals surface area contributed by atoms with Crippen molar-refractivity contribution >= 4 is 29.1 Å². The first-order valence-electron chi connectivity index (χ1n) is 6.66. The summed E-state index contributed by atoms with van der Waals surface area (Å²) >= 11 is 11.6. The van der Waals surface area contributed by atoms with Gasteiger partial charge in [-0.05, 0) is 35.4 Å². The van der Waals surface area contributed by atoms with E-state index in [1.54, 1.807) is 30.3 Å². The quantitative estimate of drug-likeness (QED) is 0.895. The van der Waals surface area contributed by atoms with Crippen LogP contribution in [0, 0.1) is 5.82 Å². The Balaban J connectivity index is 1.97. The highest BCUT2D eigenvalue weighted by Crippen LogP contribution is 2.35. The van der Waals surface area contributed by atoms with Crippen molar-refractivity contribution in [3.8, 4) is 0 Å². The molecule has 0 unspecified atom stereocenters. The normalized spacial score (nSPS) is 21.5. The Morgan fingerprint density at radius 2 is 1.77 bits per heavy atom. The molecule has 0 aromatic heterocycles. The fraction of sp³-hybridized carbons (Fsp3) is 0.188. The lowest BCUT2D eigenvalue weighted by atomic mass is 9.94. The maximum absolute atomic E-state index is 13.7. The molecule has 1 aliphatic heterocycles. The summed E-state index contributed by atoms with van der Waals surface area (Å²) in [6.07, 6.45) is -0.495. The highest BCUT2D eigenvalue weighted by molar-refractivity contribution is 6.30. The van der Waals surface area contributed by atoms with E-state index in [0.717, 1.165) is 5.56 Å². The molecule has 0 aliphatic carbocycles. The molecular formula is C16H12Cl2FNO2. The smallest absolute Gasteiger partial charge is 0.246 e. The fourth-order valence-electron chi connectivity index (χ4n) is 2.46. The largest absolute Gasteiger partial charge is 0.361 e. The number of halogens is 3. The molecule has 2 aromatic rings. The lowest BCUT2D eigenvalue weighted by Gasteiger charge is -2.33. The molecule has 0 bridgehead atoms. The van der Waals surface area contributed by atoms with Crippen LogP contribution in [-0.2, 0) is 9.53 Å². The van der Waals surface area contributed by atoms with Gasteiger partial charge in [0, 0.05) is 5.02 Å². The number of morpholine rings is 1. The van der Waals surface area contributed by atoms with E-state index in [0.29, 0.717) is 10.6 Å². The summed E-state index contributed by atoms with van der Waals surface area (Å²) in [7, 11) is 0. The SMILES string of the molecule is O=C1CO[C@H](c2ccc(Cl)c(F)c2)[C@H](c2ccc(Cl)cc2)N1. The number of amides is 1. The zero-order chi connectivity index (χ0) is 15.7. The minimum atomic E-state index is -0.519. The summed E-state index contributed by atoms with van der Waals surface area (Å²) in [5, 5.41) is 3.52. The molecule has 0 radical (unpaired) electrons. The second-order valence-electron chi connectivity index (χ2n) is 5.00. The number of hydrogen-bond donors (Lipinski definition) is 1. The predicted molar refractivity (Wildman–Crippen MR) is 82.4 cm³/mol. The molecule has 0 saturated carbocycles. The maximum Gasteiger partial charge on any atom is 0.246 e. The van der Waals surface area contributed by atoms with Crippen molar-refractivity contribution in [3.05, 3.63) is 69.5 Å². The van der Waals surface area contributed by atoms with Crippen molar-refractivity contribution in [2.75, 3.05) is 6.61 Å². The van der Waals surface area contributed by atoms with Gasteiger partial charge < -0.3 is 10.1 Å². The summed E-state index contributed by atoms with van der Waals surface area (Å²) < 4.78 is 19.3. The van der Waals surface area contributed by atoms with E-state index in [9.17, 15) is 9.18 Å². The lowest BCUT2D eigenvalue weighted by molar-refractivity contribution is -0.137. The third-order valence-corrected chi connectivity index (χ3v) is 4.07. The first kappa shape index (κ1) is 15.3. The molecule has 1 saturated heterocycles. The Labute approximate surface area is 137 Å². The highest BCUT2D eigenvalue weighted by atomic mass is 35.5. The Morgan fingerprint density at radius 1 is 1.09 bits per heavy atom. The van der Waals surface area contributed by atoms with Crippen molar-refractivity contribution in [1.29, 1.82) is 0 Å². The third-order valence-electron chi connectivity index (χ3n) is 3.51. The summed E-state index contributed by atoms with van der Waals surface area (Å²) in [5.41, 5.74) is 1.44. The molecule has 0 spiro atoms. The van der Waals surface area contributed by atoms with E-state index in [4.69, 9.17) is 27.9 Å². The molecule has 1 fully saturated rings. The molecule has 1 amide bonds. The first-order valence-corrected chi connectivity index (χ1v) is 7.41. The molecule has 6 heteroatoms. The van der Waals surface area contributed by atoms with Gasteiger partial charge in [0.2, 0.25) is 5.91 Å². The molecule has 1 heterocycles. The van der Waals surface area contributed by atoms with E-state index in [2.05, 4.69) is 5.32 Å². The monoisotopic (exact) mass is 339 g/mol. The van der Waals surface area contributed by atoms with Crippen LogP contribution in [0.25, 0.3) is 0 Å². The Kier molecular flexibility index (Phi) is 4.34. The van der Waals surface area contributed by atoms with Gasteiger partial charge in [0.25, 0.3) is 0 Å². The van der Waals surface area contributed by atoms with Gasteiger partial charge in [-0.1, -0.05) is 41.4 Å². The van der Waals surface area contributed by atoms with Gasteiger partial charge in [0.1, 0.15) is 18.5 Å². The minimum absolute atomic E-state index is 0.0478. The summed E-state index contributed by atoms with van der Waals surface area (Å²) in [4.78, 5) is 11.7. The van der Waals surface area contributed by atoms with Crippen molar-refractivity contribution < 1.29 is 13.9 Å². The summed E-state index contributed by atoms with van der Waals surface area (Å²) in [6.45, 7) is -0.0704. The van der Waals surface area contributed by atoms with Crippen LogP contribution >= 0.6 is 23.2 Å². The highest BCUT2D eigenvalue weighted by Gasteiger charge is 2.32. The average molecular weight is 340 g/mol. The molecule has 2 aromatic carbocycles. The average Bonchev–Trinajstić information content (AvgIpc) is 2.51. The van der Waals surface area contributed by atoms with Gasteiger partial charge in [0.05, 0.1) is 11.1 Å². The second kappa shape index (κ2) is 6.24. The molecular weight excluding hydrogens is 328 g/mol. The van der Waals surface area contributed by atoms with Gasteiger partial charge in [-0.3, -0.25) is 4.79 Å². The number of carbonyl (C=O) groups is 1. The van der Waals surface area contributed by atoms with Crippen LogP contribution in [0.3, 0.4) is 0 Å². The molecule has 1 aliphatic rings. The first-order chi connectivity index (χ1) is 10.5. The van der Waals surface area contributed by atoms with Crippen molar-refractivity contribution in [1.82, 2.24) is 5.32 Å². The van der Waals surface area contributed by atoms with E-state index in [1.807, 2.05) is 0 Å². The van der Waals surface area contributed by atoms with Gasteiger partial charge in [-0.25, -0.2) is 4.39 Å². The lowest BCUT2D eigenvalue weighted by Crippen LogP contribution is -2.41. The second-order valence-corrected chi connectivity index (χ2v) is 5.85. The number of rotatable bonds is 2. The van der Waals surface area contributed by atoms with E-state index in [-0.39, 0.29) is 17.5 Å². The van der Waals surface area contributed by atoms with E-state index < -0.39 is 18.0 Å². The maximum atomic E-state index is 13.7. The van der Waals surface area contributed by atoms with Crippen LogP contribution in [0.15, 0.2) is 42.5 Å². The minimum Gasteiger partial charge on any atom is -0.361 e. The zero-order valence-electron chi connectivity index (χ0n) is 11.4. The van der Waals surface area contributed by atoms with Gasteiger partial charge in [-0.2, -0.15) is 0 Å². The van der Waals surface area contributed by atoms with Crippen LogP contribution in [0.5, 0.6) is 0 Å². The molecule has 3 rings (SSSR count). The molecule has 114 valence electrons. The fourth-order valence-corrected chi connectivity index (χ4v) is 2.70. The number of hydrogen-bond acceptors (Lipinski definition) is 2. The van der Waals surface area contributed by atoms with Crippen LogP contribution in [0.4, 0.5) is 4.39 Å². The van der Waals surface area contributed by atoms with Gasteiger partial charge in [-0.15, -0.1) is 0 Å². The Hall–Kier alpha value is -1.62. The summed E-state index contributed by atoms with van der Waals surface area (Å²) in [5.74, 6) is -0.736. The van der Waals surface area contributed by atoms with Crippen molar-refractivity contribution in [3.63, 3.8) is 0 Å². The molecule has 3 nitrogen and oxygen atoms in total. The number of ether oxygens (including phenoxy) is 1. The number of nitrogens with one attached hydrogen (secondary N) is 1. The van der Waals surface area contributed by atoms with Crippen molar-refractivity contribution in [2.45, 2.75) is 12.1 Å². The Morgan fingerprint density at radius 3 is 2.45 bits per heavy atom. The Bertz CT molecular complexity index is 706. The number of carbonyl (C=O) groups excluding carboxylic acids is 1. The molecule has 2 atom stereocenters. The van der Waals surface area contributed by atoms with Crippen LogP contribution in [0.1, 0.15) is 23.3 Å². The standard InChI is InChI=1S/C16H12Cl2FNO2/c17-11-4-1-9(2-5-11)15-16(22-8-14(21)20-15)10-3-6-12(18)13(19)7-10/h1-7,15-16H,8H2,(H,20,21)/t15-,16+/m0/s1. The molecule has 22 heavy (non-hydrogen) atoms. The van der Waals surface area contributed by atoms with Gasteiger partial charge >= 0.3 is 0 Å². The third kappa shape index (κ3) is 3.09. The van der Waals surface area contributed by atoms with Gasteiger partial charge in [0.15, 0.2) is 0 Å². The zero-order valence-corrected chi connectivity index (χ0v) is 12.9. The van der Waals surface area contributed by atoms with E-state index >= 15 is 0 Å². The molecule has 1 N–H and O–H groups in total. The van der Waals surface area contributed by atoms with Crippen LogP contribution < -0.4 is 5.32 Å². The van der Waals surface area contributed by atoms with Crippen LogP contribution in [0.2, 0.25) is 10.0 Å². The summed E-state index contributed by atoms with van der Waals surface area (Å²) in [6, 6.07) is 11.2. The predicted octanol–water partition coefficient (Wildman–Crippen LogP) is 4.06.